The predicted molar refractivity (Wildman–Crippen MR) is 77.9 cm³/mol. The molecule has 2 rings (SSSR count). The average molecular weight is 360 g/mol. The van der Waals surface area contributed by atoms with Crippen LogP contribution in [-0.4, -0.2) is 14.2 Å². The Bertz CT molecular complexity index is 664. The van der Waals surface area contributed by atoms with Crippen LogP contribution in [0.4, 0.5) is 13.2 Å². The fourth-order valence-electron chi connectivity index (χ4n) is 2.16. The van der Waals surface area contributed by atoms with E-state index in [2.05, 4.69) is 21.2 Å². The van der Waals surface area contributed by atoms with Crippen molar-refractivity contribution in [3.63, 3.8) is 0 Å². The monoisotopic (exact) mass is 359 g/mol. The van der Waals surface area contributed by atoms with E-state index in [9.17, 15) is 13.2 Å². The van der Waals surface area contributed by atoms with Crippen molar-refractivity contribution in [1.82, 2.24) is 5.32 Å². The second-order valence-electron chi connectivity index (χ2n) is 4.40. The molecule has 1 unspecified atom stereocenters. The lowest BCUT2D eigenvalue weighted by atomic mass is 9.97. The SMILES string of the molecule is CNC(c1cc(F)c(F)cc1F)c1ccc(Br)cc1OC. The van der Waals surface area contributed by atoms with Crippen LogP contribution in [0.3, 0.4) is 0 Å². The van der Waals surface area contributed by atoms with Crippen molar-refractivity contribution in [2.75, 3.05) is 14.2 Å². The first-order valence-corrected chi connectivity index (χ1v) is 6.92. The van der Waals surface area contributed by atoms with Gasteiger partial charge in [-0.1, -0.05) is 22.0 Å². The van der Waals surface area contributed by atoms with Gasteiger partial charge in [0.25, 0.3) is 0 Å². The van der Waals surface area contributed by atoms with Gasteiger partial charge in [0.05, 0.1) is 13.2 Å². The van der Waals surface area contributed by atoms with Crippen LogP contribution in [0, 0.1) is 17.5 Å². The summed E-state index contributed by atoms with van der Waals surface area (Å²) < 4.78 is 46.5. The van der Waals surface area contributed by atoms with E-state index in [1.54, 1.807) is 25.2 Å². The third kappa shape index (κ3) is 3.22. The number of hydrogen-bond acceptors (Lipinski definition) is 2. The average Bonchev–Trinajstić information content (AvgIpc) is 2.46. The van der Waals surface area contributed by atoms with Crippen molar-refractivity contribution in [2.45, 2.75) is 6.04 Å². The maximum absolute atomic E-state index is 14.0. The summed E-state index contributed by atoms with van der Waals surface area (Å²) in [4.78, 5) is 0. The zero-order valence-electron chi connectivity index (χ0n) is 11.4. The second-order valence-corrected chi connectivity index (χ2v) is 5.31. The zero-order valence-corrected chi connectivity index (χ0v) is 13.0. The van der Waals surface area contributed by atoms with Crippen molar-refractivity contribution < 1.29 is 17.9 Å². The molecule has 0 radical (unpaired) electrons. The summed E-state index contributed by atoms with van der Waals surface area (Å²) in [6.07, 6.45) is 0. The number of benzene rings is 2. The maximum atomic E-state index is 14.0. The van der Waals surface area contributed by atoms with Gasteiger partial charge in [0.2, 0.25) is 0 Å². The Kier molecular flexibility index (Phi) is 4.90. The Morgan fingerprint density at radius 3 is 2.29 bits per heavy atom. The van der Waals surface area contributed by atoms with Gasteiger partial charge in [-0.15, -0.1) is 0 Å². The van der Waals surface area contributed by atoms with Crippen molar-refractivity contribution in [2.24, 2.45) is 0 Å². The minimum atomic E-state index is -1.21. The van der Waals surface area contributed by atoms with Crippen LogP contribution in [0.15, 0.2) is 34.8 Å². The first kappa shape index (κ1) is 15.9. The van der Waals surface area contributed by atoms with Gasteiger partial charge in [0, 0.05) is 21.7 Å². The number of nitrogens with one attached hydrogen (secondary N) is 1. The molecular weight excluding hydrogens is 347 g/mol. The minimum absolute atomic E-state index is 0.0111. The molecule has 0 saturated carbocycles. The molecule has 112 valence electrons. The normalized spacial score (nSPS) is 12.3. The maximum Gasteiger partial charge on any atom is 0.161 e. The third-order valence-corrected chi connectivity index (χ3v) is 3.64. The quantitative estimate of drug-likeness (QED) is 0.826. The van der Waals surface area contributed by atoms with E-state index < -0.39 is 23.5 Å². The molecule has 21 heavy (non-hydrogen) atoms. The van der Waals surface area contributed by atoms with Crippen molar-refractivity contribution in [3.8, 4) is 5.75 Å². The highest BCUT2D eigenvalue weighted by molar-refractivity contribution is 9.10. The van der Waals surface area contributed by atoms with Crippen LogP contribution in [-0.2, 0) is 0 Å². The second kappa shape index (κ2) is 6.49. The van der Waals surface area contributed by atoms with Gasteiger partial charge in [0.15, 0.2) is 11.6 Å². The van der Waals surface area contributed by atoms with Crippen LogP contribution in [0.25, 0.3) is 0 Å². The smallest absolute Gasteiger partial charge is 0.161 e. The highest BCUT2D eigenvalue weighted by atomic mass is 79.9. The molecule has 0 fully saturated rings. The number of methoxy groups -OCH3 is 1. The first-order valence-electron chi connectivity index (χ1n) is 6.13. The molecule has 0 aromatic heterocycles. The van der Waals surface area contributed by atoms with Crippen LogP contribution < -0.4 is 10.1 Å². The van der Waals surface area contributed by atoms with Gasteiger partial charge >= 0.3 is 0 Å². The van der Waals surface area contributed by atoms with Crippen molar-refractivity contribution in [3.05, 3.63) is 63.4 Å². The van der Waals surface area contributed by atoms with E-state index >= 15 is 0 Å². The summed E-state index contributed by atoms with van der Waals surface area (Å²) in [5.74, 6) is -2.62. The summed E-state index contributed by atoms with van der Waals surface area (Å²) in [6.45, 7) is 0. The zero-order chi connectivity index (χ0) is 15.6. The van der Waals surface area contributed by atoms with E-state index in [-0.39, 0.29) is 5.56 Å². The molecule has 1 N–H and O–H groups in total. The van der Waals surface area contributed by atoms with Gasteiger partial charge in [-0.3, -0.25) is 0 Å². The minimum Gasteiger partial charge on any atom is -0.496 e. The van der Waals surface area contributed by atoms with Crippen molar-refractivity contribution >= 4 is 15.9 Å². The topological polar surface area (TPSA) is 21.3 Å². The molecule has 0 saturated heterocycles. The highest BCUT2D eigenvalue weighted by Gasteiger charge is 2.22. The largest absolute Gasteiger partial charge is 0.496 e. The van der Waals surface area contributed by atoms with Gasteiger partial charge < -0.3 is 10.1 Å². The lowest BCUT2D eigenvalue weighted by Crippen LogP contribution is -2.20. The number of halogens is 4. The third-order valence-electron chi connectivity index (χ3n) is 3.15. The number of hydrogen-bond donors (Lipinski definition) is 1. The van der Waals surface area contributed by atoms with E-state index in [1.807, 2.05) is 0 Å². The molecular formula is C15H13BrF3NO. The molecule has 1 atom stereocenters. The molecule has 0 aliphatic rings. The van der Waals surface area contributed by atoms with Gasteiger partial charge in [0.1, 0.15) is 11.6 Å². The summed E-state index contributed by atoms with van der Waals surface area (Å²) in [7, 11) is 3.09. The molecule has 0 heterocycles. The van der Waals surface area contributed by atoms with E-state index in [0.717, 1.165) is 10.5 Å². The summed E-state index contributed by atoms with van der Waals surface area (Å²) in [6, 6.07) is 5.94. The first-order chi connectivity index (χ1) is 9.97. The fourth-order valence-corrected chi connectivity index (χ4v) is 2.50. The molecule has 0 aliphatic heterocycles. The Morgan fingerprint density at radius 1 is 1.00 bits per heavy atom. The summed E-state index contributed by atoms with van der Waals surface area (Å²) >= 11 is 3.32. The summed E-state index contributed by atoms with van der Waals surface area (Å²) in [5.41, 5.74) is 0.630. The van der Waals surface area contributed by atoms with Gasteiger partial charge in [-0.2, -0.15) is 0 Å². The molecule has 0 bridgehead atoms. The molecule has 2 aromatic rings. The van der Waals surface area contributed by atoms with Crippen LogP contribution in [0.1, 0.15) is 17.2 Å². The summed E-state index contributed by atoms with van der Waals surface area (Å²) in [5, 5.41) is 2.89. The lowest BCUT2D eigenvalue weighted by molar-refractivity contribution is 0.403. The van der Waals surface area contributed by atoms with E-state index in [4.69, 9.17) is 4.74 Å². The highest BCUT2D eigenvalue weighted by Crippen LogP contribution is 2.33. The lowest BCUT2D eigenvalue weighted by Gasteiger charge is -2.21. The molecule has 2 nitrogen and oxygen atoms in total. The molecule has 6 heteroatoms. The van der Waals surface area contributed by atoms with Gasteiger partial charge in [-0.05, 0) is 25.2 Å². The molecule has 0 spiro atoms. The van der Waals surface area contributed by atoms with E-state index in [1.165, 1.54) is 7.11 Å². The number of rotatable bonds is 4. The standard InChI is InChI=1S/C15H13BrF3NO/c1-20-15(9-4-3-8(16)5-14(9)21-2)10-6-12(18)13(19)7-11(10)17/h3-7,15,20H,1-2H3. The fraction of sp³-hybridized carbons (Fsp3) is 0.200. The predicted octanol–water partition coefficient (Wildman–Crippen LogP) is 4.18. The van der Waals surface area contributed by atoms with Crippen LogP contribution in [0.5, 0.6) is 5.75 Å². The molecule has 0 aliphatic carbocycles. The molecule has 0 amide bonds. The Morgan fingerprint density at radius 2 is 1.67 bits per heavy atom. The van der Waals surface area contributed by atoms with Crippen LogP contribution >= 0.6 is 15.9 Å². The molecule has 2 aromatic carbocycles. The Labute approximate surface area is 129 Å². The number of ether oxygens (including phenoxy) is 1. The Balaban J connectivity index is 2.57. The van der Waals surface area contributed by atoms with Gasteiger partial charge in [-0.25, -0.2) is 13.2 Å². The Hall–Kier alpha value is -1.53. The van der Waals surface area contributed by atoms with Crippen LogP contribution in [0.2, 0.25) is 0 Å². The van der Waals surface area contributed by atoms with Crippen molar-refractivity contribution in [1.29, 1.82) is 0 Å². The van der Waals surface area contributed by atoms with E-state index in [0.29, 0.717) is 17.4 Å².